The van der Waals surface area contributed by atoms with Crippen molar-refractivity contribution in [3.63, 3.8) is 0 Å². The molecule has 0 N–H and O–H groups in total. The second kappa shape index (κ2) is 13.2. The molecule has 0 amide bonds. The summed E-state index contributed by atoms with van der Waals surface area (Å²) in [6.45, 7) is 0. The number of furan rings is 1. The molecule has 0 atom stereocenters. The fourth-order valence-electron chi connectivity index (χ4n) is 8.38. The fraction of sp³-hybridized carbons (Fsp3) is 0. The van der Waals surface area contributed by atoms with Crippen molar-refractivity contribution in [3.8, 4) is 33.4 Å². The molecule has 0 saturated carbocycles. The van der Waals surface area contributed by atoms with Crippen molar-refractivity contribution in [2.24, 2.45) is 0 Å². The molecule has 0 saturated heterocycles. The summed E-state index contributed by atoms with van der Waals surface area (Å²) in [4.78, 5) is 2.25. The number of benzene rings is 10. The molecule has 2 heteroatoms. The minimum atomic E-state index is -0.414. The van der Waals surface area contributed by atoms with Gasteiger partial charge in [-0.2, -0.15) is 0 Å². The van der Waals surface area contributed by atoms with Crippen molar-refractivity contribution in [2.75, 3.05) is 4.90 Å². The van der Waals surface area contributed by atoms with Crippen LogP contribution in [0.25, 0.3) is 87.6 Å². The SMILES string of the molecule is [2H]c1c([2H])c([2H])c(-c2c(-c3ccc(N(c4ccc(-c5cccc6c5oc5ccccc56)cc4)c4ccc5ccccc5c4)cc3)c3ccccc3c3ccccc23)c([2H])c1[2H]. The lowest BCUT2D eigenvalue weighted by Crippen LogP contribution is -2.09. The Bertz CT molecular complexity index is 3510. The second-order valence-corrected chi connectivity index (χ2v) is 14.1. The van der Waals surface area contributed by atoms with Crippen LogP contribution in [0.15, 0.2) is 217 Å². The summed E-state index contributed by atoms with van der Waals surface area (Å²) in [7, 11) is 0. The summed E-state index contributed by atoms with van der Waals surface area (Å²) in [6.07, 6.45) is 0. The lowest BCUT2D eigenvalue weighted by atomic mass is 9.85. The molecular formula is C54H35NO. The monoisotopic (exact) mass is 718 g/mol. The zero-order chi connectivity index (χ0) is 41.4. The topological polar surface area (TPSA) is 16.4 Å². The average molecular weight is 719 g/mol. The average Bonchev–Trinajstić information content (AvgIpc) is 3.70. The van der Waals surface area contributed by atoms with Gasteiger partial charge in [0, 0.05) is 33.4 Å². The second-order valence-electron chi connectivity index (χ2n) is 14.1. The van der Waals surface area contributed by atoms with Crippen LogP contribution in [0.5, 0.6) is 0 Å². The number of nitrogens with zero attached hydrogens (tertiary/aromatic N) is 1. The Kier molecular flexibility index (Phi) is 6.39. The Hall–Kier alpha value is -7.42. The van der Waals surface area contributed by atoms with Gasteiger partial charge in [-0.3, -0.25) is 0 Å². The summed E-state index contributed by atoms with van der Waals surface area (Å²) in [5.41, 5.74) is 9.16. The normalized spacial score (nSPS) is 12.8. The third-order valence-corrected chi connectivity index (χ3v) is 10.9. The number of hydrogen-bond acceptors (Lipinski definition) is 2. The zero-order valence-corrected chi connectivity index (χ0v) is 30.2. The van der Waals surface area contributed by atoms with E-state index in [4.69, 9.17) is 11.3 Å². The Morgan fingerprint density at radius 3 is 1.61 bits per heavy atom. The molecule has 0 aliphatic rings. The van der Waals surface area contributed by atoms with E-state index < -0.39 is 6.04 Å². The maximum Gasteiger partial charge on any atom is 0.143 e. The summed E-state index contributed by atoms with van der Waals surface area (Å²) >= 11 is 0. The van der Waals surface area contributed by atoms with Crippen molar-refractivity contribution in [1.82, 2.24) is 0 Å². The lowest BCUT2D eigenvalue weighted by Gasteiger charge is -2.26. The van der Waals surface area contributed by atoms with Gasteiger partial charge in [-0.15, -0.1) is 0 Å². The van der Waals surface area contributed by atoms with Gasteiger partial charge >= 0.3 is 0 Å². The van der Waals surface area contributed by atoms with Crippen LogP contribution in [0, 0.1) is 0 Å². The van der Waals surface area contributed by atoms with E-state index in [0.29, 0.717) is 5.56 Å². The lowest BCUT2D eigenvalue weighted by molar-refractivity contribution is 0.670. The first-order valence-corrected chi connectivity index (χ1v) is 18.8. The molecule has 11 rings (SSSR count). The number of para-hydroxylation sites is 2. The van der Waals surface area contributed by atoms with Crippen LogP contribution in [0.1, 0.15) is 6.85 Å². The minimum absolute atomic E-state index is 0.184. The van der Waals surface area contributed by atoms with Gasteiger partial charge < -0.3 is 9.32 Å². The highest BCUT2D eigenvalue weighted by Crippen LogP contribution is 2.46. The van der Waals surface area contributed by atoms with Crippen molar-refractivity contribution < 1.29 is 11.3 Å². The van der Waals surface area contributed by atoms with Gasteiger partial charge in [0.15, 0.2) is 0 Å². The predicted molar refractivity (Wildman–Crippen MR) is 237 cm³/mol. The molecule has 0 unspecified atom stereocenters. The van der Waals surface area contributed by atoms with Crippen LogP contribution in [0.2, 0.25) is 0 Å². The van der Waals surface area contributed by atoms with E-state index in [9.17, 15) is 0 Å². The van der Waals surface area contributed by atoms with Crippen LogP contribution >= 0.6 is 0 Å². The van der Waals surface area contributed by atoms with E-state index in [1.165, 1.54) is 0 Å². The predicted octanol–water partition coefficient (Wildman–Crippen LogP) is 15.5. The van der Waals surface area contributed by atoms with Gasteiger partial charge in [0.25, 0.3) is 0 Å². The molecule has 262 valence electrons. The molecule has 0 fully saturated rings. The van der Waals surface area contributed by atoms with Gasteiger partial charge in [0.05, 0.1) is 6.85 Å². The first-order valence-electron chi connectivity index (χ1n) is 21.3. The molecule has 2 nitrogen and oxygen atoms in total. The Balaban J connectivity index is 1.09. The third kappa shape index (κ3) is 5.26. The summed E-state index contributed by atoms with van der Waals surface area (Å²) in [5.74, 6) is 0. The number of fused-ring (bicyclic) bond motifs is 7. The van der Waals surface area contributed by atoms with E-state index in [1.54, 1.807) is 0 Å². The molecule has 0 aliphatic heterocycles. The van der Waals surface area contributed by atoms with Crippen LogP contribution in [0.3, 0.4) is 0 Å². The first-order chi connectivity index (χ1) is 29.9. The summed E-state index contributed by atoms with van der Waals surface area (Å²) in [5, 5.41) is 8.17. The molecule has 0 radical (unpaired) electrons. The number of anilines is 3. The Labute approximate surface area is 332 Å². The minimum Gasteiger partial charge on any atom is -0.455 e. The van der Waals surface area contributed by atoms with E-state index in [0.717, 1.165) is 93.6 Å². The highest BCUT2D eigenvalue weighted by atomic mass is 16.3. The summed E-state index contributed by atoms with van der Waals surface area (Å²) < 4.78 is 50.2. The van der Waals surface area contributed by atoms with E-state index in [-0.39, 0.29) is 29.7 Å². The highest BCUT2D eigenvalue weighted by Gasteiger charge is 2.20. The Morgan fingerprint density at radius 2 is 0.911 bits per heavy atom. The van der Waals surface area contributed by atoms with Gasteiger partial charge in [-0.05, 0) is 103 Å². The maximum absolute atomic E-state index is 9.10. The molecule has 56 heavy (non-hydrogen) atoms. The fourth-order valence-corrected chi connectivity index (χ4v) is 8.38. The molecular weight excluding hydrogens is 679 g/mol. The molecule has 11 aromatic rings. The molecule has 0 aliphatic carbocycles. The van der Waals surface area contributed by atoms with Crippen molar-refractivity contribution >= 4 is 71.3 Å². The van der Waals surface area contributed by atoms with Crippen molar-refractivity contribution in [1.29, 1.82) is 0 Å². The summed E-state index contributed by atoms with van der Waals surface area (Å²) in [6, 6.07) is 60.7. The molecule has 10 aromatic carbocycles. The highest BCUT2D eigenvalue weighted by molar-refractivity contribution is 6.21. The largest absolute Gasteiger partial charge is 0.455 e. The van der Waals surface area contributed by atoms with Gasteiger partial charge in [-0.25, -0.2) is 0 Å². The standard InChI is InChI=1S/C54H35NO/c1-2-14-38(15-3-1)52-48-20-8-6-17-45(48)46-18-7-9-21-49(46)53(52)39-28-32-42(33-29-39)55(43-34-25-36-13-4-5-16-40(36)35-43)41-30-26-37(27-31-41)44-22-12-23-50-47-19-10-11-24-51(47)56-54(44)50/h1-35H/i1D,2D,3D,14D,15D. The first kappa shape index (κ1) is 27.2. The van der Waals surface area contributed by atoms with Crippen LogP contribution < -0.4 is 4.90 Å². The Morgan fingerprint density at radius 1 is 0.375 bits per heavy atom. The van der Waals surface area contributed by atoms with Crippen molar-refractivity contribution in [3.05, 3.63) is 212 Å². The van der Waals surface area contributed by atoms with Crippen LogP contribution in [-0.4, -0.2) is 0 Å². The molecule has 1 heterocycles. The third-order valence-electron chi connectivity index (χ3n) is 10.9. The van der Waals surface area contributed by atoms with E-state index >= 15 is 0 Å². The quantitative estimate of drug-likeness (QED) is 0.159. The van der Waals surface area contributed by atoms with Crippen molar-refractivity contribution in [2.45, 2.75) is 0 Å². The van der Waals surface area contributed by atoms with Crippen LogP contribution in [0.4, 0.5) is 17.1 Å². The van der Waals surface area contributed by atoms with E-state index in [1.807, 2.05) is 54.6 Å². The molecule has 0 spiro atoms. The maximum atomic E-state index is 9.10. The zero-order valence-electron chi connectivity index (χ0n) is 35.2. The van der Waals surface area contributed by atoms with E-state index in [2.05, 4.69) is 132 Å². The molecule has 0 bridgehead atoms. The smallest absolute Gasteiger partial charge is 0.143 e. The van der Waals surface area contributed by atoms with Gasteiger partial charge in [0.2, 0.25) is 0 Å². The molecule has 1 aromatic heterocycles. The number of rotatable bonds is 6. The van der Waals surface area contributed by atoms with Crippen LogP contribution in [-0.2, 0) is 0 Å². The number of hydrogen-bond donors (Lipinski definition) is 0. The van der Waals surface area contributed by atoms with Gasteiger partial charge in [0.1, 0.15) is 11.2 Å². The van der Waals surface area contributed by atoms with Gasteiger partial charge in [-0.1, -0.05) is 170 Å².